The molecule has 0 bridgehead atoms. The Balaban J connectivity index is 2.60. The number of carbonyl (C=O) groups is 1. The quantitative estimate of drug-likeness (QED) is 0.775. The van der Waals surface area contributed by atoms with Gasteiger partial charge in [0.2, 0.25) is 0 Å². The van der Waals surface area contributed by atoms with Crippen molar-refractivity contribution in [3.63, 3.8) is 0 Å². The number of hydrogen-bond acceptors (Lipinski definition) is 1. The maximum atomic E-state index is 12.7. The number of alkyl halides is 1. The molecule has 3 nitrogen and oxygen atoms in total. The number of urea groups is 1. The first-order valence-corrected chi connectivity index (χ1v) is 4.72. The number of nitrogens with one attached hydrogen (secondary N) is 2. The zero-order valence-corrected chi connectivity index (χ0v) is 8.44. The lowest BCUT2D eigenvalue weighted by molar-refractivity contribution is 0.252. The van der Waals surface area contributed by atoms with Crippen molar-refractivity contribution in [2.24, 2.45) is 0 Å². The van der Waals surface area contributed by atoms with Crippen LogP contribution in [0, 0.1) is 11.6 Å². The third-order valence-electron chi connectivity index (χ3n) is 1.50. The zero-order chi connectivity index (χ0) is 11.3. The molecule has 6 heteroatoms. The molecule has 0 aromatic heterocycles. The highest BCUT2D eigenvalue weighted by atomic mass is 35.5. The third kappa shape index (κ3) is 4.12. The van der Waals surface area contributed by atoms with E-state index in [0.29, 0.717) is 0 Å². The van der Waals surface area contributed by atoms with E-state index < -0.39 is 17.7 Å². The van der Waals surface area contributed by atoms with Crippen molar-refractivity contribution in [2.45, 2.75) is 0 Å². The lowest BCUT2D eigenvalue weighted by atomic mass is 10.3. The molecule has 15 heavy (non-hydrogen) atoms. The monoisotopic (exact) mass is 234 g/mol. The summed E-state index contributed by atoms with van der Waals surface area (Å²) in [5, 5.41) is 4.66. The van der Waals surface area contributed by atoms with Crippen LogP contribution in [-0.4, -0.2) is 18.5 Å². The Kier molecular flexibility index (Phi) is 4.30. The average molecular weight is 235 g/mol. The summed E-state index contributed by atoms with van der Waals surface area (Å²) < 4.78 is 25.4. The standard InChI is InChI=1S/C9H9ClF2N2O/c10-1-2-13-9(15)14-8-4-6(11)3-7(12)5-8/h3-5H,1-2H2,(H2,13,14,15). The normalized spacial score (nSPS) is 9.80. The summed E-state index contributed by atoms with van der Waals surface area (Å²) in [7, 11) is 0. The van der Waals surface area contributed by atoms with Crippen LogP contribution in [0.1, 0.15) is 0 Å². The van der Waals surface area contributed by atoms with Crippen molar-refractivity contribution >= 4 is 23.3 Å². The van der Waals surface area contributed by atoms with Crippen molar-refractivity contribution in [1.82, 2.24) is 5.32 Å². The van der Waals surface area contributed by atoms with E-state index in [9.17, 15) is 13.6 Å². The number of carbonyl (C=O) groups excluding carboxylic acids is 1. The van der Waals surface area contributed by atoms with Gasteiger partial charge in [-0.3, -0.25) is 0 Å². The van der Waals surface area contributed by atoms with Gasteiger partial charge in [-0.15, -0.1) is 11.6 Å². The van der Waals surface area contributed by atoms with E-state index in [0.717, 1.165) is 18.2 Å². The predicted molar refractivity (Wildman–Crippen MR) is 54.1 cm³/mol. The fourth-order valence-electron chi connectivity index (χ4n) is 0.962. The molecule has 1 aromatic carbocycles. The first kappa shape index (κ1) is 11.7. The van der Waals surface area contributed by atoms with E-state index in [1.807, 2.05) is 0 Å². The van der Waals surface area contributed by atoms with E-state index in [-0.39, 0.29) is 18.1 Å². The highest BCUT2D eigenvalue weighted by Crippen LogP contribution is 2.12. The maximum Gasteiger partial charge on any atom is 0.319 e. The van der Waals surface area contributed by atoms with Gasteiger partial charge in [0.05, 0.1) is 0 Å². The Labute approximate surface area is 90.4 Å². The largest absolute Gasteiger partial charge is 0.337 e. The summed E-state index contributed by atoms with van der Waals surface area (Å²) in [6.45, 7) is 0.283. The van der Waals surface area contributed by atoms with Crippen molar-refractivity contribution in [1.29, 1.82) is 0 Å². The summed E-state index contributed by atoms with van der Waals surface area (Å²) in [5.74, 6) is -1.23. The minimum atomic E-state index is -0.748. The third-order valence-corrected chi connectivity index (χ3v) is 1.69. The molecule has 0 saturated heterocycles. The van der Waals surface area contributed by atoms with Gasteiger partial charge < -0.3 is 10.6 Å². The second kappa shape index (κ2) is 5.50. The Hall–Kier alpha value is -1.36. The summed E-state index contributed by atoms with van der Waals surface area (Å²) in [4.78, 5) is 11.1. The van der Waals surface area contributed by atoms with Crippen LogP contribution < -0.4 is 10.6 Å². The molecule has 1 rings (SSSR count). The van der Waals surface area contributed by atoms with Gasteiger partial charge in [0.15, 0.2) is 0 Å². The first-order chi connectivity index (χ1) is 7.11. The summed E-state index contributed by atoms with van der Waals surface area (Å²) in [5.41, 5.74) is 0.0552. The Morgan fingerprint density at radius 1 is 1.27 bits per heavy atom. The second-order valence-electron chi connectivity index (χ2n) is 2.73. The molecule has 0 aliphatic rings. The molecule has 0 spiro atoms. The number of amides is 2. The van der Waals surface area contributed by atoms with E-state index in [1.54, 1.807) is 0 Å². The Morgan fingerprint density at radius 3 is 2.40 bits per heavy atom. The molecule has 82 valence electrons. The number of anilines is 1. The second-order valence-corrected chi connectivity index (χ2v) is 3.11. The minimum absolute atomic E-state index is 0.0552. The van der Waals surface area contributed by atoms with Crippen LogP contribution in [0.25, 0.3) is 0 Å². The molecule has 0 atom stereocenters. The predicted octanol–water partition coefficient (Wildman–Crippen LogP) is 2.33. The summed E-state index contributed by atoms with van der Waals surface area (Å²) >= 11 is 5.34. The molecule has 2 amide bonds. The van der Waals surface area contributed by atoms with Gasteiger partial charge in [0, 0.05) is 24.2 Å². The van der Waals surface area contributed by atoms with Gasteiger partial charge in [-0.1, -0.05) is 0 Å². The zero-order valence-electron chi connectivity index (χ0n) is 7.69. The van der Waals surface area contributed by atoms with E-state index in [2.05, 4.69) is 10.6 Å². The fourth-order valence-corrected chi connectivity index (χ4v) is 1.06. The maximum absolute atomic E-state index is 12.7. The molecule has 0 radical (unpaired) electrons. The van der Waals surface area contributed by atoms with E-state index in [4.69, 9.17) is 11.6 Å². The van der Waals surface area contributed by atoms with Gasteiger partial charge >= 0.3 is 6.03 Å². The van der Waals surface area contributed by atoms with Crippen molar-refractivity contribution in [2.75, 3.05) is 17.7 Å². The molecule has 0 aliphatic carbocycles. The van der Waals surface area contributed by atoms with E-state index in [1.165, 1.54) is 0 Å². The van der Waals surface area contributed by atoms with Gasteiger partial charge in [-0.05, 0) is 12.1 Å². The van der Waals surface area contributed by atoms with Crippen LogP contribution in [0.4, 0.5) is 19.3 Å². The molecule has 0 fully saturated rings. The number of benzene rings is 1. The SMILES string of the molecule is O=C(NCCCl)Nc1cc(F)cc(F)c1. The minimum Gasteiger partial charge on any atom is -0.337 e. The first-order valence-electron chi connectivity index (χ1n) is 4.18. The average Bonchev–Trinajstić information content (AvgIpc) is 2.13. The molecular weight excluding hydrogens is 226 g/mol. The van der Waals surface area contributed by atoms with Crippen molar-refractivity contribution in [3.8, 4) is 0 Å². The molecular formula is C9H9ClF2N2O. The highest BCUT2D eigenvalue weighted by Gasteiger charge is 2.03. The molecule has 0 saturated carbocycles. The van der Waals surface area contributed by atoms with Gasteiger partial charge in [0.1, 0.15) is 11.6 Å². The Morgan fingerprint density at radius 2 is 1.87 bits per heavy atom. The number of hydrogen-bond donors (Lipinski definition) is 2. The fraction of sp³-hybridized carbons (Fsp3) is 0.222. The lowest BCUT2D eigenvalue weighted by Gasteiger charge is -2.06. The van der Waals surface area contributed by atoms with Crippen LogP contribution in [-0.2, 0) is 0 Å². The van der Waals surface area contributed by atoms with Gasteiger partial charge in [0.25, 0.3) is 0 Å². The number of rotatable bonds is 3. The number of halogens is 3. The molecule has 2 N–H and O–H groups in total. The van der Waals surface area contributed by atoms with Crippen LogP contribution in [0.3, 0.4) is 0 Å². The van der Waals surface area contributed by atoms with Crippen molar-refractivity contribution < 1.29 is 13.6 Å². The van der Waals surface area contributed by atoms with Gasteiger partial charge in [-0.2, -0.15) is 0 Å². The summed E-state index contributed by atoms with van der Waals surface area (Å²) in [6.07, 6.45) is 0. The van der Waals surface area contributed by atoms with Crippen LogP contribution in [0.15, 0.2) is 18.2 Å². The molecule has 0 unspecified atom stereocenters. The van der Waals surface area contributed by atoms with E-state index >= 15 is 0 Å². The molecule has 0 aliphatic heterocycles. The van der Waals surface area contributed by atoms with Crippen molar-refractivity contribution in [3.05, 3.63) is 29.8 Å². The summed E-state index contributed by atoms with van der Waals surface area (Å²) in [6, 6.07) is 2.20. The lowest BCUT2D eigenvalue weighted by Crippen LogP contribution is -2.30. The van der Waals surface area contributed by atoms with Crippen LogP contribution in [0.5, 0.6) is 0 Å². The highest BCUT2D eigenvalue weighted by molar-refractivity contribution is 6.18. The molecule has 0 heterocycles. The smallest absolute Gasteiger partial charge is 0.319 e. The van der Waals surface area contributed by atoms with Crippen LogP contribution in [0.2, 0.25) is 0 Å². The molecule has 1 aromatic rings. The van der Waals surface area contributed by atoms with Crippen LogP contribution >= 0.6 is 11.6 Å². The topological polar surface area (TPSA) is 41.1 Å². The van der Waals surface area contributed by atoms with Gasteiger partial charge in [-0.25, -0.2) is 13.6 Å². The Bertz CT molecular complexity index is 340.